The van der Waals surface area contributed by atoms with Crippen molar-refractivity contribution in [1.82, 2.24) is 5.48 Å². The van der Waals surface area contributed by atoms with Gasteiger partial charge < -0.3 is 11.0 Å². The minimum Gasteiger partial charge on any atom is -0.547 e. The topological polar surface area (TPSA) is 181 Å². The molecule has 0 saturated carbocycles. The van der Waals surface area contributed by atoms with Crippen molar-refractivity contribution in [3.05, 3.63) is 11.0 Å². The van der Waals surface area contributed by atoms with E-state index in [1.54, 1.807) is 0 Å². The van der Waals surface area contributed by atoms with Crippen LogP contribution in [0.25, 0.3) is 5.84 Å². The lowest BCUT2D eigenvalue weighted by molar-refractivity contribution is -1.55. The largest absolute Gasteiger partial charge is 0.547 e. The highest BCUT2D eigenvalue weighted by molar-refractivity contribution is 8.28. The van der Waals surface area contributed by atoms with Crippen LogP contribution in [0.4, 0.5) is 0 Å². The molecule has 0 saturated heterocycles. The molecular weight excluding hydrogens is 188 g/mol. The van der Waals surface area contributed by atoms with Gasteiger partial charge in [0, 0.05) is 0 Å². The molecule has 0 aliphatic rings. The summed E-state index contributed by atoms with van der Waals surface area (Å²) < 4.78 is 0. The van der Waals surface area contributed by atoms with E-state index in [0.29, 0.717) is 0 Å². The van der Waals surface area contributed by atoms with E-state index in [4.69, 9.17) is 27.1 Å². The fraction of sp³-hybridized carbons (Fsp3) is 1.00. The van der Waals surface area contributed by atoms with Gasteiger partial charge in [0.05, 0.1) is 5.88 Å². The zero-order valence-corrected chi connectivity index (χ0v) is 7.06. The van der Waals surface area contributed by atoms with Crippen LogP contribution < -0.4 is 37.3 Å². The van der Waals surface area contributed by atoms with Crippen LogP contribution in [0.5, 0.6) is 0 Å². The summed E-state index contributed by atoms with van der Waals surface area (Å²) in [7, 11) is -2.25. The number of hydrogen-bond donors (Lipinski definition) is 7. The highest BCUT2D eigenvalue weighted by Gasteiger charge is 2.07. The third kappa shape index (κ3) is 6.65. The third-order valence-corrected chi connectivity index (χ3v) is 1.31. The predicted molar refractivity (Wildman–Crippen MR) is 43.0 cm³/mol. The molecule has 0 aromatic carbocycles. The van der Waals surface area contributed by atoms with Gasteiger partial charge in [-0.25, -0.2) is 0 Å². The van der Waals surface area contributed by atoms with Gasteiger partial charge in [0.25, 0.3) is 0 Å². The SMILES string of the molecule is [NH-][NH+](N)[NH+]([O-])ONCS(N)(N)N. The van der Waals surface area contributed by atoms with Crippen LogP contribution in [0.15, 0.2) is 0 Å². The van der Waals surface area contributed by atoms with Gasteiger partial charge in [0.2, 0.25) is 0 Å². The molecule has 0 aromatic rings. The lowest BCUT2D eigenvalue weighted by Gasteiger charge is -2.27. The van der Waals surface area contributed by atoms with E-state index in [2.05, 4.69) is 10.4 Å². The molecule has 2 unspecified atom stereocenters. The lowest BCUT2D eigenvalue weighted by Crippen LogP contribution is -3.57. The minimum atomic E-state index is -2.25. The van der Waals surface area contributed by atoms with E-state index >= 15 is 0 Å². The molecule has 0 rings (SSSR count). The number of hydrogen-bond acceptors (Lipinski definition) is 7. The van der Waals surface area contributed by atoms with Crippen LogP contribution in [0.2, 0.25) is 0 Å². The van der Waals surface area contributed by atoms with Gasteiger partial charge in [-0.05, 0) is 5.34 Å². The predicted octanol–water partition coefficient (Wildman–Crippen LogP) is -5.17. The van der Waals surface area contributed by atoms with Crippen molar-refractivity contribution in [2.24, 2.45) is 21.3 Å². The van der Waals surface area contributed by atoms with Crippen molar-refractivity contribution >= 4 is 10.6 Å². The van der Waals surface area contributed by atoms with Crippen LogP contribution in [0.1, 0.15) is 0 Å². The first-order chi connectivity index (χ1) is 5.33. The molecule has 0 aliphatic carbocycles. The zero-order chi connectivity index (χ0) is 9.78. The molecule has 0 aromatic heterocycles. The summed E-state index contributed by atoms with van der Waals surface area (Å²) in [5, 5.41) is 24.4. The number of quaternary nitrogens is 2. The third-order valence-electron chi connectivity index (χ3n) is 0.694. The van der Waals surface area contributed by atoms with E-state index in [-0.39, 0.29) is 5.88 Å². The average molecular weight is 202 g/mol. The summed E-state index contributed by atoms with van der Waals surface area (Å²) in [6.45, 7) is 0. The van der Waals surface area contributed by atoms with Crippen molar-refractivity contribution in [2.45, 2.75) is 0 Å². The molecule has 0 spiro atoms. The van der Waals surface area contributed by atoms with Crippen LogP contribution in [0.3, 0.4) is 0 Å². The minimum absolute atomic E-state index is 0.0635. The van der Waals surface area contributed by atoms with E-state index in [0.717, 1.165) is 0 Å². The van der Waals surface area contributed by atoms with E-state index in [1.807, 2.05) is 0 Å². The summed E-state index contributed by atoms with van der Waals surface area (Å²) in [6.07, 6.45) is 0. The molecular formula is CH14N8O2S. The Morgan fingerprint density at radius 1 is 1.50 bits per heavy atom. The van der Waals surface area contributed by atoms with Crippen molar-refractivity contribution in [3.63, 3.8) is 0 Å². The monoisotopic (exact) mass is 202 g/mol. The molecule has 76 valence electrons. The molecule has 0 amide bonds. The van der Waals surface area contributed by atoms with Gasteiger partial charge >= 0.3 is 0 Å². The first-order valence-corrected chi connectivity index (χ1v) is 4.74. The van der Waals surface area contributed by atoms with Crippen molar-refractivity contribution in [3.8, 4) is 0 Å². The van der Waals surface area contributed by atoms with Crippen molar-refractivity contribution in [1.29, 1.82) is 0 Å². The standard InChI is InChI=1S/CH14N8O2S/c2-8(3)9(10)11-7-1-12(4,5)6/h2,7-9H,1,3-6H2. The Kier molecular flexibility index (Phi) is 4.83. The molecule has 12 N–H and O–H groups in total. The Balaban J connectivity index is 3.44. The first kappa shape index (κ1) is 11.9. The first-order valence-electron chi connectivity index (χ1n) is 2.75. The Morgan fingerprint density at radius 3 is 2.33 bits per heavy atom. The van der Waals surface area contributed by atoms with Crippen molar-refractivity contribution in [2.75, 3.05) is 5.88 Å². The highest BCUT2D eigenvalue weighted by Crippen LogP contribution is 2.13. The smallest absolute Gasteiger partial charge is 0.0926 e. The maximum Gasteiger partial charge on any atom is 0.0926 e. The maximum absolute atomic E-state index is 10.5. The summed E-state index contributed by atoms with van der Waals surface area (Å²) in [4.78, 5) is 4.22. The van der Waals surface area contributed by atoms with Gasteiger partial charge in [0.1, 0.15) is 0 Å². The molecule has 0 radical (unpaired) electrons. The Morgan fingerprint density at radius 2 is 2.00 bits per heavy atom. The molecule has 0 fully saturated rings. The van der Waals surface area contributed by atoms with Crippen LogP contribution in [-0.2, 0) is 4.94 Å². The number of nitrogens with two attached hydrogens (primary N) is 4. The average Bonchev–Trinajstić information content (AvgIpc) is 1.84. The Bertz CT molecular complexity index is 123. The van der Waals surface area contributed by atoms with Crippen LogP contribution >= 0.6 is 10.6 Å². The van der Waals surface area contributed by atoms with Gasteiger partial charge in [0.15, 0.2) is 0 Å². The summed E-state index contributed by atoms with van der Waals surface area (Å²) in [5.41, 5.74) is 2.10. The number of rotatable bonds is 5. The Labute approximate surface area is 70.7 Å². The lowest BCUT2D eigenvalue weighted by atomic mass is 11.5. The molecule has 0 aliphatic heterocycles. The van der Waals surface area contributed by atoms with Gasteiger partial charge in [-0.3, -0.25) is 15.4 Å². The van der Waals surface area contributed by atoms with Crippen molar-refractivity contribution < 1.29 is 15.5 Å². The molecule has 11 heteroatoms. The maximum atomic E-state index is 10.5. The molecule has 0 bridgehead atoms. The second-order valence-corrected chi connectivity index (χ2v) is 4.11. The summed E-state index contributed by atoms with van der Waals surface area (Å²) >= 11 is 0. The fourth-order valence-electron chi connectivity index (χ4n) is 0.252. The van der Waals surface area contributed by atoms with Gasteiger partial charge in [-0.15, -0.1) is 16.5 Å². The Hall–Kier alpha value is -0.0500. The van der Waals surface area contributed by atoms with Gasteiger partial charge in [-0.2, -0.15) is 0 Å². The summed E-state index contributed by atoms with van der Waals surface area (Å²) in [6, 6.07) is 0. The second-order valence-electron chi connectivity index (χ2n) is 2.00. The normalized spacial score (nSPS) is 18.8. The molecule has 12 heavy (non-hydrogen) atoms. The van der Waals surface area contributed by atoms with Gasteiger partial charge in [-0.1, -0.05) is 15.5 Å². The molecule has 0 heterocycles. The number of hydroxylamine groups is 1. The molecule has 2 atom stereocenters. The van der Waals surface area contributed by atoms with E-state index in [9.17, 15) is 5.21 Å². The van der Waals surface area contributed by atoms with E-state index < -0.39 is 21.1 Å². The summed E-state index contributed by atoms with van der Waals surface area (Å²) in [5.74, 6) is 11.3. The molecule has 10 nitrogen and oxygen atoms in total. The van der Waals surface area contributed by atoms with Crippen LogP contribution in [0, 0.1) is 5.21 Å². The fourth-order valence-corrected chi connectivity index (χ4v) is 0.515. The second kappa shape index (κ2) is 4.85. The van der Waals surface area contributed by atoms with Crippen LogP contribution in [-0.4, -0.2) is 5.88 Å². The van der Waals surface area contributed by atoms with E-state index in [1.165, 1.54) is 0 Å². The quantitative estimate of drug-likeness (QED) is 0.172. The number of nitrogens with one attached hydrogen (secondary N) is 4. The highest BCUT2D eigenvalue weighted by atomic mass is 32.3. The zero-order valence-electron chi connectivity index (χ0n) is 6.24.